The molecule has 1 aromatic heterocycles. The fraction of sp³-hybridized carbons (Fsp3) is 0.643. The smallest absolute Gasteiger partial charge is 0.159 e. The second-order valence-electron chi connectivity index (χ2n) is 9.55. The summed E-state index contributed by atoms with van der Waals surface area (Å²) in [5.74, 6) is 3.09. The molecule has 0 aliphatic rings. The second-order valence-corrected chi connectivity index (χ2v) is 9.55. The molecule has 2 aromatic rings. The van der Waals surface area contributed by atoms with Crippen LogP contribution in [0.4, 0.5) is 0 Å². The monoisotopic (exact) mass is 424 g/mol. The van der Waals surface area contributed by atoms with Crippen molar-refractivity contribution in [1.82, 2.24) is 9.97 Å². The lowest BCUT2D eigenvalue weighted by Crippen LogP contribution is -2.08. The highest BCUT2D eigenvalue weighted by atomic mass is 16.5. The number of hydrogen-bond acceptors (Lipinski definition) is 3. The van der Waals surface area contributed by atoms with Crippen LogP contribution in [0.25, 0.3) is 11.4 Å². The maximum absolute atomic E-state index is 5.98. The molecule has 3 heteroatoms. The van der Waals surface area contributed by atoms with Gasteiger partial charge in [0.2, 0.25) is 0 Å². The molecule has 0 fully saturated rings. The molecule has 0 saturated carbocycles. The molecular weight excluding hydrogens is 380 g/mol. The van der Waals surface area contributed by atoms with Gasteiger partial charge >= 0.3 is 0 Å². The molecule has 2 rings (SSSR count). The van der Waals surface area contributed by atoms with Gasteiger partial charge in [0, 0.05) is 18.0 Å². The molecule has 0 amide bonds. The van der Waals surface area contributed by atoms with Crippen LogP contribution < -0.4 is 4.74 Å². The Morgan fingerprint density at radius 2 is 1.42 bits per heavy atom. The number of benzene rings is 1. The normalized spacial score (nSPS) is 12.3. The molecule has 0 aliphatic carbocycles. The average molecular weight is 425 g/mol. The molecular formula is C28H44N2O. The predicted molar refractivity (Wildman–Crippen MR) is 133 cm³/mol. The van der Waals surface area contributed by atoms with E-state index < -0.39 is 0 Å². The van der Waals surface area contributed by atoms with E-state index in [0.717, 1.165) is 36.1 Å². The van der Waals surface area contributed by atoms with E-state index >= 15 is 0 Å². The zero-order valence-electron chi connectivity index (χ0n) is 20.4. The van der Waals surface area contributed by atoms with Crippen molar-refractivity contribution in [3.05, 3.63) is 42.2 Å². The zero-order valence-corrected chi connectivity index (χ0v) is 20.4. The van der Waals surface area contributed by atoms with Crippen LogP contribution in [-0.4, -0.2) is 16.6 Å². The van der Waals surface area contributed by atoms with E-state index in [4.69, 9.17) is 4.74 Å². The van der Waals surface area contributed by atoms with Crippen molar-refractivity contribution in [1.29, 1.82) is 0 Å². The van der Waals surface area contributed by atoms with Crippen molar-refractivity contribution >= 4 is 0 Å². The van der Waals surface area contributed by atoms with E-state index in [0.29, 0.717) is 5.92 Å². The number of ether oxygens (including phenoxy) is 1. The van der Waals surface area contributed by atoms with Gasteiger partial charge in [0.05, 0.1) is 6.61 Å². The van der Waals surface area contributed by atoms with Crippen LogP contribution >= 0.6 is 0 Å². The first-order valence-corrected chi connectivity index (χ1v) is 12.6. The van der Waals surface area contributed by atoms with E-state index in [1.54, 1.807) is 0 Å². The number of nitrogens with zero attached hydrogens (tertiary/aromatic N) is 2. The minimum Gasteiger partial charge on any atom is -0.493 e. The van der Waals surface area contributed by atoms with Crippen molar-refractivity contribution in [3.8, 4) is 17.1 Å². The van der Waals surface area contributed by atoms with Gasteiger partial charge in [0.15, 0.2) is 5.82 Å². The Hall–Kier alpha value is -1.90. The second kappa shape index (κ2) is 15.0. The highest BCUT2D eigenvalue weighted by Crippen LogP contribution is 2.21. The van der Waals surface area contributed by atoms with Crippen LogP contribution in [0.2, 0.25) is 0 Å². The highest BCUT2D eigenvalue weighted by molar-refractivity contribution is 5.55. The molecule has 1 atom stereocenters. The SMILES string of the molecule is CCCCCCCCCc1cnc(-c2ccc(OCC(C)CCCC(C)C)cc2)nc1. The fourth-order valence-electron chi connectivity index (χ4n) is 3.82. The van der Waals surface area contributed by atoms with Gasteiger partial charge in [0.1, 0.15) is 5.75 Å². The molecule has 3 nitrogen and oxygen atoms in total. The Bertz CT molecular complexity index is 694. The summed E-state index contributed by atoms with van der Waals surface area (Å²) < 4.78 is 5.98. The Morgan fingerprint density at radius 1 is 0.774 bits per heavy atom. The molecule has 31 heavy (non-hydrogen) atoms. The number of rotatable bonds is 16. The number of hydrogen-bond donors (Lipinski definition) is 0. The minimum absolute atomic E-state index is 0.589. The lowest BCUT2D eigenvalue weighted by Gasteiger charge is -2.14. The lowest BCUT2D eigenvalue weighted by molar-refractivity contribution is 0.247. The van der Waals surface area contributed by atoms with Crippen LogP contribution in [0, 0.1) is 11.8 Å². The first kappa shape index (κ1) is 25.4. The Kier molecular flexibility index (Phi) is 12.3. The Morgan fingerprint density at radius 3 is 2.06 bits per heavy atom. The summed E-state index contributed by atoms with van der Waals surface area (Å²) in [6.07, 6.45) is 18.2. The summed E-state index contributed by atoms with van der Waals surface area (Å²) in [6, 6.07) is 8.19. The first-order chi connectivity index (χ1) is 15.1. The number of aryl methyl sites for hydroxylation is 1. The lowest BCUT2D eigenvalue weighted by atomic mass is 10.0. The molecule has 0 N–H and O–H groups in total. The van der Waals surface area contributed by atoms with Crippen molar-refractivity contribution in [2.45, 2.75) is 98.3 Å². The van der Waals surface area contributed by atoms with E-state index in [-0.39, 0.29) is 0 Å². The fourth-order valence-corrected chi connectivity index (χ4v) is 3.82. The summed E-state index contributed by atoms with van der Waals surface area (Å²) in [6.45, 7) is 9.90. The van der Waals surface area contributed by atoms with Gasteiger partial charge in [-0.3, -0.25) is 0 Å². The van der Waals surface area contributed by atoms with Crippen LogP contribution in [0.1, 0.15) is 97.5 Å². The summed E-state index contributed by atoms with van der Waals surface area (Å²) >= 11 is 0. The van der Waals surface area contributed by atoms with Gasteiger partial charge in [-0.2, -0.15) is 0 Å². The van der Waals surface area contributed by atoms with Crippen molar-refractivity contribution in [2.75, 3.05) is 6.61 Å². The van der Waals surface area contributed by atoms with E-state index in [1.807, 2.05) is 24.5 Å². The van der Waals surface area contributed by atoms with Gasteiger partial charge in [-0.05, 0) is 60.9 Å². The van der Waals surface area contributed by atoms with Crippen molar-refractivity contribution in [2.24, 2.45) is 11.8 Å². The molecule has 172 valence electrons. The topological polar surface area (TPSA) is 35.0 Å². The third kappa shape index (κ3) is 10.8. The highest BCUT2D eigenvalue weighted by Gasteiger charge is 2.06. The zero-order chi connectivity index (χ0) is 22.3. The summed E-state index contributed by atoms with van der Waals surface area (Å²) in [5, 5.41) is 0. The van der Waals surface area contributed by atoms with E-state index in [9.17, 15) is 0 Å². The molecule has 0 spiro atoms. The maximum atomic E-state index is 5.98. The van der Waals surface area contributed by atoms with Gasteiger partial charge in [0.25, 0.3) is 0 Å². The van der Waals surface area contributed by atoms with Crippen LogP contribution in [-0.2, 0) is 6.42 Å². The molecule has 1 heterocycles. The summed E-state index contributed by atoms with van der Waals surface area (Å²) in [7, 11) is 0. The molecule has 0 bridgehead atoms. The van der Waals surface area contributed by atoms with Crippen molar-refractivity contribution < 1.29 is 4.74 Å². The standard InChI is InChI=1S/C28H44N2O/c1-5-6-7-8-9-10-11-15-25-20-29-28(30-21-25)26-16-18-27(19-17-26)31-22-24(4)14-12-13-23(2)3/h16-21,23-24H,5-15,22H2,1-4H3. The number of aromatic nitrogens is 2. The first-order valence-electron chi connectivity index (χ1n) is 12.6. The third-order valence-electron chi connectivity index (χ3n) is 5.90. The molecule has 0 aliphatic heterocycles. The minimum atomic E-state index is 0.589. The molecule has 1 aromatic carbocycles. The molecule has 0 radical (unpaired) electrons. The van der Waals surface area contributed by atoms with E-state index in [1.165, 1.54) is 69.8 Å². The predicted octanol–water partition coefficient (Wildman–Crippen LogP) is 8.28. The molecule has 0 saturated heterocycles. The van der Waals surface area contributed by atoms with E-state index in [2.05, 4.69) is 49.8 Å². The van der Waals surface area contributed by atoms with Gasteiger partial charge in [-0.25, -0.2) is 9.97 Å². The average Bonchev–Trinajstić information content (AvgIpc) is 2.78. The number of unbranched alkanes of at least 4 members (excludes halogenated alkanes) is 6. The quantitative estimate of drug-likeness (QED) is 0.254. The van der Waals surface area contributed by atoms with Crippen molar-refractivity contribution in [3.63, 3.8) is 0 Å². The largest absolute Gasteiger partial charge is 0.493 e. The molecule has 1 unspecified atom stereocenters. The summed E-state index contributed by atoms with van der Waals surface area (Å²) in [4.78, 5) is 9.18. The maximum Gasteiger partial charge on any atom is 0.159 e. The summed E-state index contributed by atoms with van der Waals surface area (Å²) in [5.41, 5.74) is 2.28. The van der Waals surface area contributed by atoms with Gasteiger partial charge < -0.3 is 4.74 Å². The van der Waals surface area contributed by atoms with Gasteiger partial charge in [-0.15, -0.1) is 0 Å². The van der Waals surface area contributed by atoms with Crippen LogP contribution in [0.15, 0.2) is 36.7 Å². The van der Waals surface area contributed by atoms with Crippen LogP contribution in [0.3, 0.4) is 0 Å². The Balaban J connectivity index is 1.71. The Labute approximate surface area is 191 Å². The van der Waals surface area contributed by atoms with Crippen LogP contribution in [0.5, 0.6) is 5.75 Å². The third-order valence-corrected chi connectivity index (χ3v) is 5.90. The van der Waals surface area contributed by atoms with Gasteiger partial charge in [-0.1, -0.05) is 79.1 Å².